The number of anilines is 2. The molecule has 2 aromatic heterocycles. The molecule has 0 bridgehead atoms. The first-order valence-electron chi connectivity index (χ1n) is 13.3. The van der Waals surface area contributed by atoms with Gasteiger partial charge in [0.1, 0.15) is 5.69 Å². The number of hydrogen-bond donors (Lipinski definition) is 3. The minimum atomic E-state index is -4.78. The second kappa shape index (κ2) is 14.7. The summed E-state index contributed by atoms with van der Waals surface area (Å²) in [6.45, 7) is 1.60. The first kappa shape index (κ1) is 32.4. The number of hydrogen-bond acceptors (Lipinski definition) is 5. The normalized spacial score (nSPS) is 12.1. The number of nitrogens with one attached hydrogen (secondary N) is 1. The number of unbranched alkanes of at least 4 members (excludes halogenated alkanes) is 5. The molecule has 3 aromatic rings. The van der Waals surface area contributed by atoms with Crippen LogP contribution >= 0.6 is 7.82 Å². The maximum atomic E-state index is 14.9. The maximum absolute atomic E-state index is 14.9. The third-order valence-electron chi connectivity index (χ3n) is 6.29. The zero-order valence-electron chi connectivity index (χ0n) is 22.5. The van der Waals surface area contributed by atoms with Crippen LogP contribution in [0.2, 0.25) is 0 Å². The lowest BCUT2D eigenvalue weighted by atomic mass is 9.99. The van der Waals surface area contributed by atoms with Crippen molar-refractivity contribution in [3.63, 3.8) is 0 Å². The van der Waals surface area contributed by atoms with E-state index < -0.39 is 38.0 Å². The Labute approximate surface area is 235 Å². The van der Waals surface area contributed by atoms with Gasteiger partial charge in [-0.15, -0.1) is 0 Å². The highest BCUT2D eigenvalue weighted by Crippen LogP contribution is 2.38. The number of imidazole rings is 1. The summed E-state index contributed by atoms with van der Waals surface area (Å²) in [4.78, 5) is 42.2. The average Bonchev–Trinajstić information content (AvgIpc) is 3.29. The SMILES string of the molecule is CCCCCCCCc1ccc(N(C(=O)CCCOP(=O)(O)O)c2nc(-c3cccnc3)c(F)[nH]2)cc1C(F)(F)F. The molecule has 0 spiro atoms. The van der Waals surface area contributed by atoms with Crippen molar-refractivity contribution >= 4 is 25.4 Å². The van der Waals surface area contributed by atoms with Gasteiger partial charge in [0.05, 0.1) is 17.9 Å². The highest BCUT2D eigenvalue weighted by atomic mass is 31.2. The van der Waals surface area contributed by atoms with E-state index in [4.69, 9.17) is 9.79 Å². The molecule has 0 unspecified atom stereocenters. The van der Waals surface area contributed by atoms with E-state index >= 15 is 0 Å². The number of phosphoric ester groups is 1. The lowest BCUT2D eigenvalue weighted by molar-refractivity contribution is -0.138. The van der Waals surface area contributed by atoms with Gasteiger partial charge in [-0.25, -0.2) is 9.55 Å². The summed E-state index contributed by atoms with van der Waals surface area (Å²) in [5.74, 6) is -2.08. The van der Waals surface area contributed by atoms with Gasteiger partial charge in [0.15, 0.2) is 0 Å². The molecule has 41 heavy (non-hydrogen) atoms. The second-order valence-corrected chi connectivity index (χ2v) is 10.7. The van der Waals surface area contributed by atoms with Crippen molar-refractivity contribution in [2.24, 2.45) is 0 Å². The van der Waals surface area contributed by atoms with Crippen LogP contribution in [0.4, 0.5) is 29.2 Å². The molecule has 0 aliphatic carbocycles. The van der Waals surface area contributed by atoms with Gasteiger partial charge in [-0.3, -0.25) is 24.2 Å². The summed E-state index contributed by atoms with van der Waals surface area (Å²) in [5, 5.41) is 0. The van der Waals surface area contributed by atoms with E-state index in [1.165, 1.54) is 30.6 Å². The first-order valence-corrected chi connectivity index (χ1v) is 14.8. The van der Waals surface area contributed by atoms with Crippen LogP contribution < -0.4 is 4.90 Å². The molecule has 3 N–H and O–H groups in total. The number of carbonyl (C=O) groups is 1. The Morgan fingerprint density at radius 3 is 2.49 bits per heavy atom. The number of pyridine rings is 1. The molecule has 3 rings (SSSR count). The van der Waals surface area contributed by atoms with E-state index in [2.05, 4.69) is 26.4 Å². The fourth-order valence-electron chi connectivity index (χ4n) is 4.32. The Morgan fingerprint density at radius 2 is 1.83 bits per heavy atom. The number of aromatic amines is 1. The quantitative estimate of drug-likeness (QED) is 0.0965. The number of aryl methyl sites for hydroxylation is 1. The van der Waals surface area contributed by atoms with Gasteiger partial charge in [-0.05, 0) is 49.1 Å². The molecule has 0 aliphatic rings. The number of benzene rings is 1. The Bertz CT molecular complexity index is 1330. The smallest absolute Gasteiger partial charge is 0.303 e. The van der Waals surface area contributed by atoms with Crippen molar-refractivity contribution in [1.82, 2.24) is 15.0 Å². The monoisotopic (exact) mass is 600 g/mol. The van der Waals surface area contributed by atoms with Gasteiger partial charge in [-0.1, -0.05) is 45.1 Å². The molecular weight excluding hydrogens is 567 g/mol. The fourth-order valence-corrected chi connectivity index (χ4v) is 4.69. The van der Waals surface area contributed by atoms with Crippen LogP contribution in [0.25, 0.3) is 11.3 Å². The van der Waals surface area contributed by atoms with Crippen LogP contribution in [0.15, 0.2) is 42.7 Å². The van der Waals surface area contributed by atoms with E-state index in [1.54, 1.807) is 6.07 Å². The van der Waals surface area contributed by atoms with Crippen molar-refractivity contribution in [2.75, 3.05) is 11.5 Å². The fraction of sp³-hybridized carbons (Fsp3) is 0.444. The van der Waals surface area contributed by atoms with Crippen molar-refractivity contribution in [1.29, 1.82) is 0 Å². The summed E-state index contributed by atoms with van der Waals surface area (Å²) < 4.78 is 72.6. The van der Waals surface area contributed by atoms with E-state index in [0.717, 1.165) is 43.1 Å². The summed E-state index contributed by atoms with van der Waals surface area (Å²) in [6.07, 6.45) is 3.22. The molecule has 0 aliphatic heterocycles. The molecule has 0 saturated heterocycles. The molecule has 14 heteroatoms. The van der Waals surface area contributed by atoms with Crippen molar-refractivity contribution < 1.29 is 41.2 Å². The molecule has 0 saturated carbocycles. The third kappa shape index (κ3) is 9.74. The summed E-state index contributed by atoms with van der Waals surface area (Å²) in [6, 6.07) is 6.56. The van der Waals surface area contributed by atoms with E-state index in [-0.39, 0.29) is 47.7 Å². The second-order valence-electron chi connectivity index (χ2n) is 9.48. The van der Waals surface area contributed by atoms with E-state index in [9.17, 15) is 26.9 Å². The lowest BCUT2D eigenvalue weighted by Gasteiger charge is -2.23. The van der Waals surface area contributed by atoms with Crippen molar-refractivity contribution in [2.45, 2.75) is 70.9 Å². The van der Waals surface area contributed by atoms with E-state index in [1.807, 2.05) is 0 Å². The third-order valence-corrected chi connectivity index (χ3v) is 6.81. The van der Waals surface area contributed by atoms with Crippen LogP contribution in [0.5, 0.6) is 0 Å². The van der Waals surface area contributed by atoms with Crippen molar-refractivity contribution in [3.8, 4) is 11.3 Å². The summed E-state index contributed by atoms with van der Waals surface area (Å²) in [7, 11) is -4.78. The standard InChI is InChI=1S/C27H33F4N4O5P/c1-2-3-4-5-6-7-10-19-13-14-21(17-22(19)27(29,30)31)35(23(36)12-9-16-40-41(37,38)39)26-33-24(25(28)34-26)20-11-8-15-32-18-20/h8,11,13-15,17-18H,2-7,9-10,12,16H2,1H3,(H,33,34)(H2,37,38,39). The van der Waals surface area contributed by atoms with Gasteiger partial charge in [0.2, 0.25) is 17.8 Å². The van der Waals surface area contributed by atoms with Gasteiger partial charge in [-0.2, -0.15) is 17.6 Å². The molecule has 0 atom stereocenters. The number of aromatic nitrogens is 3. The molecule has 1 amide bonds. The first-order chi connectivity index (χ1) is 19.4. The van der Waals surface area contributed by atoms with Crippen LogP contribution in [0.3, 0.4) is 0 Å². The predicted molar refractivity (Wildman–Crippen MR) is 145 cm³/mol. The zero-order chi connectivity index (χ0) is 30.0. The lowest BCUT2D eigenvalue weighted by Crippen LogP contribution is -2.27. The van der Waals surface area contributed by atoms with Crippen LogP contribution in [0.1, 0.15) is 69.4 Å². The molecule has 9 nitrogen and oxygen atoms in total. The molecular formula is C27H33F4N4O5P. The summed E-state index contributed by atoms with van der Waals surface area (Å²) in [5.41, 5.74) is -0.936. The van der Waals surface area contributed by atoms with Gasteiger partial charge in [0, 0.05) is 24.4 Å². The number of amides is 1. The number of carbonyl (C=O) groups excluding carboxylic acids is 1. The average molecular weight is 601 g/mol. The number of halogens is 4. The van der Waals surface area contributed by atoms with Gasteiger partial charge >= 0.3 is 14.0 Å². The Kier molecular flexibility index (Phi) is 11.6. The van der Waals surface area contributed by atoms with Crippen LogP contribution in [-0.2, 0) is 26.5 Å². The van der Waals surface area contributed by atoms with Crippen LogP contribution in [-0.4, -0.2) is 37.3 Å². The van der Waals surface area contributed by atoms with Crippen LogP contribution in [0, 0.1) is 5.95 Å². The molecule has 0 fully saturated rings. The Morgan fingerprint density at radius 1 is 1.10 bits per heavy atom. The Balaban J connectivity index is 1.94. The number of nitrogens with zero attached hydrogens (tertiary/aromatic N) is 3. The number of rotatable bonds is 15. The largest absolute Gasteiger partial charge is 0.469 e. The minimum Gasteiger partial charge on any atom is -0.303 e. The topological polar surface area (TPSA) is 129 Å². The highest BCUT2D eigenvalue weighted by molar-refractivity contribution is 7.46. The molecule has 224 valence electrons. The predicted octanol–water partition coefficient (Wildman–Crippen LogP) is 7.09. The minimum absolute atomic E-state index is 0.0841. The maximum Gasteiger partial charge on any atom is 0.469 e. The van der Waals surface area contributed by atoms with Gasteiger partial charge in [0.25, 0.3) is 0 Å². The van der Waals surface area contributed by atoms with Gasteiger partial charge < -0.3 is 9.79 Å². The highest BCUT2D eigenvalue weighted by Gasteiger charge is 2.35. The Hall–Kier alpha value is -3.12. The number of phosphoric acid groups is 1. The molecule has 0 radical (unpaired) electrons. The summed E-state index contributed by atoms with van der Waals surface area (Å²) >= 11 is 0. The number of H-pyrrole nitrogens is 1. The molecule has 2 heterocycles. The molecule has 1 aromatic carbocycles. The van der Waals surface area contributed by atoms with E-state index in [0.29, 0.717) is 6.42 Å². The zero-order valence-corrected chi connectivity index (χ0v) is 23.4. The van der Waals surface area contributed by atoms with Crippen molar-refractivity contribution in [3.05, 3.63) is 59.8 Å². The number of alkyl halides is 3.